The molecule has 0 saturated carbocycles. The van der Waals surface area contributed by atoms with Crippen LogP contribution in [0.5, 0.6) is 0 Å². The van der Waals surface area contributed by atoms with Gasteiger partial charge >= 0.3 is 12.1 Å². The average Bonchev–Trinajstić information content (AvgIpc) is 3.50. The molecule has 1 aliphatic carbocycles. The molecule has 8 heteroatoms. The van der Waals surface area contributed by atoms with Crippen LogP contribution in [0.25, 0.3) is 11.1 Å². The molecule has 5 rings (SSSR count). The van der Waals surface area contributed by atoms with E-state index in [1.165, 1.54) is 0 Å². The molecule has 2 heterocycles. The third kappa shape index (κ3) is 4.27. The minimum Gasteiger partial charge on any atom is -0.481 e. The molecule has 2 aromatic carbocycles. The predicted molar refractivity (Wildman–Crippen MR) is 128 cm³/mol. The molecule has 0 radical (unpaired) electrons. The quantitative estimate of drug-likeness (QED) is 0.660. The maximum atomic E-state index is 13.4. The number of hydrogen-bond donors (Lipinski definition) is 2. The van der Waals surface area contributed by atoms with Crippen LogP contribution in [0.4, 0.5) is 4.79 Å². The van der Waals surface area contributed by atoms with Gasteiger partial charge < -0.3 is 24.8 Å². The first kappa shape index (κ1) is 23.4. The Hall–Kier alpha value is -3.39. The van der Waals surface area contributed by atoms with Crippen molar-refractivity contribution in [1.29, 1.82) is 0 Å². The van der Waals surface area contributed by atoms with Gasteiger partial charge in [-0.15, -0.1) is 0 Å². The van der Waals surface area contributed by atoms with Gasteiger partial charge in [-0.25, -0.2) is 4.79 Å². The number of carbonyl (C=O) groups is 3. The average molecular weight is 479 g/mol. The zero-order valence-electron chi connectivity index (χ0n) is 19.9. The van der Waals surface area contributed by atoms with Gasteiger partial charge in [0.05, 0.1) is 25.7 Å². The second-order valence-electron chi connectivity index (χ2n) is 10.3. The molecule has 2 fully saturated rings. The van der Waals surface area contributed by atoms with Crippen LogP contribution < -0.4 is 5.32 Å². The first-order valence-electron chi connectivity index (χ1n) is 12.0. The maximum absolute atomic E-state index is 13.4. The van der Waals surface area contributed by atoms with Crippen LogP contribution in [0.2, 0.25) is 0 Å². The predicted octanol–water partition coefficient (Wildman–Crippen LogP) is 3.25. The Balaban J connectivity index is 1.28. The van der Waals surface area contributed by atoms with Crippen LogP contribution in [-0.2, 0) is 19.1 Å². The molecular weight excluding hydrogens is 448 g/mol. The number of hydrogen-bond acceptors (Lipinski definition) is 5. The number of rotatable bonds is 6. The highest BCUT2D eigenvalue weighted by atomic mass is 16.5. The number of carboxylic acids is 1. The van der Waals surface area contributed by atoms with E-state index in [-0.39, 0.29) is 29.9 Å². The number of aliphatic carboxylic acids is 1. The van der Waals surface area contributed by atoms with Crippen molar-refractivity contribution in [2.75, 3.05) is 26.4 Å². The van der Waals surface area contributed by atoms with Gasteiger partial charge in [0.15, 0.2) is 0 Å². The van der Waals surface area contributed by atoms with E-state index in [4.69, 9.17) is 9.47 Å². The van der Waals surface area contributed by atoms with E-state index in [1.54, 1.807) is 4.90 Å². The van der Waals surface area contributed by atoms with Gasteiger partial charge in [0, 0.05) is 18.4 Å². The van der Waals surface area contributed by atoms with Crippen LogP contribution in [0.15, 0.2) is 48.5 Å². The highest BCUT2D eigenvalue weighted by molar-refractivity contribution is 5.90. The lowest BCUT2D eigenvalue weighted by molar-refractivity contribution is -0.143. The molecule has 8 nitrogen and oxygen atoms in total. The Morgan fingerprint density at radius 2 is 1.71 bits per heavy atom. The first-order chi connectivity index (χ1) is 16.8. The molecule has 2 aliphatic heterocycles. The Bertz CT molecular complexity index is 1120. The Kier molecular flexibility index (Phi) is 6.01. The molecule has 2 amide bonds. The fourth-order valence-corrected chi connectivity index (χ4v) is 5.87. The van der Waals surface area contributed by atoms with Gasteiger partial charge in [-0.3, -0.25) is 9.59 Å². The molecule has 2 saturated heterocycles. The second-order valence-corrected chi connectivity index (χ2v) is 10.3. The van der Waals surface area contributed by atoms with Crippen molar-refractivity contribution >= 4 is 18.0 Å². The van der Waals surface area contributed by atoms with E-state index in [2.05, 4.69) is 19.2 Å². The van der Waals surface area contributed by atoms with E-state index in [9.17, 15) is 19.5 Å². The molecule has 3 unspecified atom stereocenters. The number of likely N-dealkylation sites (tertiary alicyclic amines) is 1. The number of nitrogens with zero attached hydrogens (tertiary/aromatic N) is 1. The zero-order valence-corrected chi connectivity index (χ0v) is 19.9. The van der Waals surface area contributed by atoms with Crippen molar-refractivity contribution in [3.8, 4) is 11.1 Å². The summed E-state index contributed by atoms with van der Waals surface area (Å²) in [5.41, 5.74) is 4.23. The SMILES string of the molecule is CC1(C)CN(C(=O)C(CC(=O)O)NC(=O)OCC2c3ccccc3-c3ccccc32)C2COCC21. The molecule has 2 N–H and O–H groups in total. The van der Waals surface area contributed by atoms with Crippen molar-refractivity contribution in [2.45, 2.75) is 38.3 Å². The van der Waals surface area contributed by atoms with Crippen molar-refractivity contribution in [2.24, 2.45) is 11.3 Å². The van der Waals surface area contributed by atoms with Gasteiger partial charge in [0.2, 0.25) is 5.91 Å². The van der Waals surface area contributed by atoms with Crippen LogP contribution >= 0.6 is 0 Å². The molecule has 0 spiro atoms. The molecule has 0 bridgehead atoms. The van der Waals surface area contributed by atoms with Gasteiger partial charge in [0.25, 0.3) is 0 Å². The minimum atomic E-state index is -1.21. The van der Waals surface area contributed by atoms with Crippen LogP contribution in [0.3, 0.4) is 0 Å². The summed E-state index contributed by atoms with van der Waals surface area (Å²) in [5.74, 6) is -1.52. The maximum Gasteiger partial charge on any atom is 0.407 e. The lowest BCUT2D eigenvalue weighted by Gasteiger charge is -2.28. The number of nitrogens with one attached hydrogen (secondary N) is 1. The number of ether oxygens (including phenoxy) is 2. The largest absolute Gasteiger partial charge is 0.481 e. The number of alkyl carbamates (subject to hydrolysis) is 1. The molecule has 3 aliphatic rings. The third-order valence-electron chi connectivity index (χ3n) is 7.63. The molecule has 184 valence electrons. The molecule has 3 atom stereocenters. The summed E-state index contributed by atoms with van der Waals surface area (Å²) in [6.07, 6.45) is -1.32. The van der Waals surface area contributed by atoms with E-state index in [0.717, 1.165) is 22.3 Å². The fraction of sp³-hybridized carbons (Fsp3) is 0.444. The highest BCUT2D eigenvalue weighted by Crippen LogP contribution is 2.45. The standard InChI is InChI=1S/C27H30N2O6/c1-27(2)15-29(23-14-34-13-21(23)27)25(32)22(11-24(30)31)28-26(33)35-12-20-18-9-5-3-7-16(18)17-8-4-6-10-19(17)20/h3-10,20-23H,11-15H2,1-2H3,(H,28,33)(H,30,31). The summed E-state index contributed by atoms with van der Waals surface area (Å²) in [7, 11) is 0. The lowest BCUT2D eigenvalue weighted by Crippen LogP contribution is -2.52. The van der Waals surface area contributed by atoms with Gasteiger partial charge in [-0.1, -0.05) is 62.4 Å². The Morgan fingerprint density at radius 3 is 2.34 bits per heavy atom. The smallest absolute Gasteiger partial charge is 0.407 e. The number of benzene rings is 2. The molecule has 2 aromatic rings. The third-order valence-corrected chi connectivity index (χ3v) is 7.63. The zero-order chi connectivity index (χ0) is 24.7. The Morgan fingerprint density at radius 1 is 1.09 bits per heavy atom. The Labute approximate surface area is 204 Å². The molecule has 0 aromatic heterocycles. The van der Waals surface area contributed by atoms with Crippen molar-refractivity contribution < 1.29 is 29.0 Å². The summed E-state index contributed by atoms with van der Waals surface area (Å²) in [6.45, 7) is 5.74. The fourth-order valence-electron chi connectivity index (χ4n) is 5.87. The first-order valence-corrected chi connectivity index (χ1v) is 12.0. The van der Waals surface area contributed by atoms with Crippen molar-refractivity contribution in [3.63, 3.8) is 0 Å². The van der Waals surface area contributed by atoms with Crippen molar-refractivity contribution in [3.05, 3.63) is 59.7 Å². The minimum absolute atomic E-state index is 0.0864. The topological polar surface area (TPSA) is 105 Å². The number of amides is 2. The van der Waals surface area contributed by atoms with Crippen LogP contribution in [-0.4, -0.2) is 66.4 Å². The van der Waals surface area contributed by atoms with Crippen LogP contribution in [0, 0.1) is 11.3 Å². The van der Waals surface area contributed by atoms with Crippen molar-refractivity contribution in [1.82, 2.24) is 10.2 Å². The summed E-state index contributed by atoms with van der Waals surface area (Å²) in [4.78, 5) is 39.3. The van der Waals surface area contributed by atoms with E-state index in [0.29, 0.717) is 19.8 Å². The summed E-state index contributed by atoms with van der Waals surface area (Å²) >= 11 is 0. The summed E-state index contributed by atoms with van der Waals surface area (Å²) in [6, 6.07) is 14.7. The van der Waals surface area contributed by atoms with Crippen LogP contribution in [0.1, 0.15) is 37.3 Å². The monoisotopic (exact) mass is 478 g/mol. The van der Waals surface area contributed by atoms with Gasteiger partial charge in [-0.2, -0.15) is 0 Å². The van der Waals surface area contributed by atoms with E-state index in [1.807, 2.05) is 48.5 Å². The molecular formula is C27H30N2O6. The number of carboxylic acid groups (broad SMARTS) is 1. The highest BCUT2D eigenvalue weighted by Gasteiger charge is 2.52. The van der Waals surface area contributed by atoms with E-state index >= 15 is 0 Å². The second kappa shape index (κ2) is 9.00. The lowest BCUT2D eigenvalue weighted by atomic mass is 9.80. The van der Waals surface area contributed by atoms with Gasteiger partial charge in [0.1, 0.15) is 12.6 Å². The number of fused-ring (bicyclic) bond motifs is 4. The van der Waals surface area contributed by atoms with Gasteiger partial charge in [-0.05, 0) is 27.7 Å². The summed E-state index contributed by atoms with van der Waals surface area (Å²) < 4.78 is 11.2. The molecule has 35 heavy (non-hydrogen) atoms. The number of carbonyl (C=O) groups excluding carboxylic acids is 2. The summed E-state index contributed by atoms with van der Waals surface area (Å²) in [5, 5.41) is 11.9. The normalized spacial score (nSPS) is 22.7. The van der Waals surface area contributed by atoms with E-state index < -0.39 is 30.4 Å².